The monoisotopic (exact) mass is 356 g/mol. The number of hydrogen-bond donors (Lipinski definition) is 1. The number of benzene rings is 3. The molecule has 27 heavy (non-hydrogen) atoms. The smallest absolute Gasteiger partial charge is 0.253 e. The highest BCUT2D eigenvalue weighted by molar-refractivity contribution is 5.94. The van der Waals surface area contributed by atoms with Crippen molar-refractivity contribution in [2.45, 2.75) is 18.9 Å². The van der Waals surface area contributed by atoms with Crippen LogP contribution in [0.25, 0.3) is 11.1 Å². The summed E-state index contributed by atoms with van der Waals surface area (Å²) in [6.45, 7) is 1.57. The van der Waals surface area contributed by atoms with E-state index in [-0.39, 0.29) is 5.91 Å². The molecule has 1 amide bonds. The minimum atomic E-state index is 0.120. The van der Waals surface area contributed by atoms with E-state index < -0.39 is 0 Å². The second-order valence-electron chi connectivity index (χ2n) is 7.04. The first-order valence-electron chi connectivity index (χ1n) is 9.56. The van der Waals surface area contributed by atoms with Crippen molar-refractivity contribution in [1.29, 1.82) is 0 Å². The molecule has 1 aliphatic rings. The number of rotatable bonds is 4. The molecule has 136 valence electrons. The number of nitrogens with one attached hydrogen (secondary N) is 1. The Labute approximate surface area is 160 Å². The predicted molar refractivity (Wildman–Crippen MR) is 111 cm³/mol. The van der Waals surface area contributed by atoms with E-state index in [1.165, 1.54) is 5.56 Å². The molecule has 0 spiro atoms. The lowest BCUT2D eigenvalue weighted by Crippen LogP contribution is -2.45. The highest BCUT2D eigenvalue weighted by atomic mass is 16.2. The van der Waals surface area contributed by atoms with E-state index in [9.17, 15) is 4.79 Å². The molecule has 0 radical (unpaired) electrons. The first-order chi connectivity index (χ1) is 13.3. The van der Waals surface area contributed by atoms with Crippen LogP contribution in [-0.4, -0.2) is 29.9 Å². The number of piperidine rings is 1. The van der Waals surface area contributed by atoms with Gasteiger partial charge in [-0.2, -0.15) is 0 Å². The van der Waals surface area contributed by atoms with Gasteiger partial charge in [-0.3, -0.25) is 4.79 Å². The van der Waals surface area contributed by atoms with Gasteiger partial charge >= 0.3 is 0 Å². The quantitative estimate of drug-likeness (QED) is 0.708. The lowest BCUT2D eigenvalue weighted by atomic mass is 10.0. The molecular formula is C24H24N2O. The SMILES string of the molecule is O=C(c1ccc(-c2ccccc2)cc1)N1CCC[C@@H](Nc2ccccc2)C1. The Balaban J connectivity index is 1.42. The van der Waals surface area contributed by atoms with Crippen LogP contribution in [0.5, 0.6) is 0 Å². The van der Waals surface area contributed by atoms with Gasteiger partial charge in [0.05, 0.1) is 0 Å². The number of carbonyl (C=O) groups is 1. The minimum absolute atomic E-state index is 0.120. The Hall–Kier alpha value is -3.07. The number of para-hydroxylation sites is 1. The minimum Gasteiger partial charge on any atom is -0.381 e. The molecule has 0 bridgehead atoms. The highest BCUT2D eigenvalue weighted by Gasteiger charge is 2.24. The van der Waals surface area contributed by atoms with Crippen molar-refractivity contribution >= 4 is 11.6 Å². The summed E-state index contributed by atoms with van der Waals surface area (Å²) in [5.41, 5.74) is 4.18. The second kappa shape index (κ2) is 8.09. The zero-order valence-corrected chi connectivity index (χ0v) is 15.3. The van der Waals surface area contributed by atoms with Crippen LogP contribution >= 0.6 is 0 Å². The Bertz CT molecular complexity index is 875. The van der Waals surface area contributed by atoms with Crippen LogP contribution in [0.15, 0.2) is 84.9 Å². The fourth-order valence-corrected chi connectivity index (χ4v) is 3.67. The summed E-state index contributed by atoms with van der Waals surface area (Å²) in [4.78, 5) is 14.9. The highest BCUT2D eigenvalue weighted by Crippen LogP contribution is 2.21. The standard InChI is InChI=1S/C24H24N2O/c27-24(21-15-13-20(14-16-21)19-8-3-1-4-9-19)26-17-7-12-23(18-26)25-22-10-5-2-6-11-22/h1-6,8-11,13-16,23,25H,7,12,17-18H2/t23-/m1/s1. The lowest BCUT2D eigenvalue weighted by Gasteiger charge is -2.33. The topological polar surface area (TPSA) is 32.3 Å². The van der Waals surface area contributed by atoms with Gasteiger partial charge in [0.1, 0.15) is 0 Å². The molecule has 3 aromatic carbocycles. The first-order valence-corrected chi connectivity index (χ1v) is 9.56. The Morgan fingerprint density at radius 2 is 1.44 bits per heavy atom. The fourth-order valence-electron chi connectivity index (χ4n) is 3.67. The largest absolute Gasteiger partial charge is 0.381 e. The normalized spacial score (nSPS) is 16.7. The first kappa shape index (κ1) is 17.3. The second-order valence-corrected chi connectivity index (χ2v) is 7.04. The van der Waals surface area contributed by atoms with Crippen LogP contribution in [0.2, 0.25) is 0 Å². The van der Waals surface area contributed by atoms with Crippen LogP contribution in [0.4, 0.5) is 5.69 Å². The van der Waals surface area contributed by atoms with Gasteiger partial charge in [0.15, 0.2) is 0 Å². The number of hydrogen-bond acceptors (Lipinski definition) is 2. The molecule has 3 heteroatoms. The van der Waals surface area contributed by atoms with Crippen molar-refractivity contribution < 1.29 is 4.79 Å². The molecule has 3 nitrogen and oxygen atoms in total. The molecule has 3 aromatic rings. The van der Waals surface area contributed by atoms with E-state index in [0.29, 0.717) is 6.04 Å². The molecule has 0 aromatic heterocycles. The van der Waals surface area contributed by atoms with Gasteiger partial charge < -0.3 is 10.2 Å². The van der Waals surface area contributed by atoms with Gasteiger partial charge in [-0.15, -0.1) is 0 Å². The van der Waals surface area contributed by atoms with Gasteiger partial charge in [-0.05, 0) is 48.2 Å². The van der Waals surface area contributed by atoms with E-state index in [1.54, 1.807) is 0 Å². The maximum atomic E-state index is 12.9. The Kier molecular flexibility index (Phi) is 5.20. The van der Waals surface area contributed by atoms with E-state index in [0.717, 1.165) is 42.7 Å². The Morgan fingerprint density at radius 1 is 0.815 bits per heavy atom. The summed E-state index contributed by atoms with van der Waals surface area (Å²) in [7, 11) is 0. The summed E-state index contributed by atoms with van der Waals surface area (Å²) >= 11 is 0. The molecule has 1 aliphatic heterocycles. The summed E-state index contributed by atoms with van der Waals surface area (Å²) in [5, 5.41) is 3.55. The van der Waals surface area contributed by atoms with E-state index in [2.05, 4.69) is 29.6 Å². The fraction of sp³-hybridized carbons (Fsp3) is 0.208. The van der Waals surface area contributed by atoms with E-state index in [4.69, 9.17) is 0 Å². The molecule has 0 saturated carbocycles. The van der Waals surface area contributed by atoms with Crippen LogP contribution in [0.3, 0.4) is 0 Å². The van der Waals surface area contributed by atoms with Crippen molar-refractivity contribution in [2.75, 3.05) is 18.4 Å². The van der Waals surface area contributed by atoms with Gasteiger partial charge in [0, 0.05) is 30.4 Å². The summed E-state index contributed by atoms with van der Waals surface area (Å²) < 4.78 is 0. The molecule has 1 N–H and O–H groups in total. The molecule has 0 aliphatic carbocycles. The van der Waals surface area contributed by atoms with Crippen LogP contribution in [-0.2, 0) is 0 Å². The van der Waals surface area contributed by atoms with Gasteiger partial charge in [0.25, 0.3) is 5.91 Å². The summed E-state index contributed by atoms with van der Waals surface area (Å²) in [5.74, 6) is 0.120. The third-order valence-corrected chi connectivity index (χ3v) is 5.09. The zero-order chi connectivity index (χ0) is 18.5. The lowest BCUT2D eigenvalue weighted by molar-refractivity contribution is 0.0715. The van der Waals surface area contributed by atoms with Crippen LogP contribution < -0.4 is 5.32 Å². The molecule has 1 fully saturated rings. The molecule has 0 unspecified atom stereocenters. The Morgan fingerprint density at radius 3 is 2.15 bits per heavy atom. The summed E-state index contributed by atoms with van der Waals surface area (Å²) in [6.07, 6.45) is 2.12. The maximum Gasteiger partial charge on any atom is 0.253 e. The number of nitrogens with zero attached hydrogens (tertiary/aromatic N) is 1. The van der Waals surface area contributed by atoms with Crippen LogP contribution in [0.1, 0.15) is 23.2 Å². The summed E-state index contributed by atoms with van der Waals surface area (Å²) in [6, 6.07) is 28.7. The van der Waals surface area contributed by atoms with Crippen LogP contribution in [0, 0.1) is 0 Å². The number of carbonyl (C=O) groups excluding carboxylic acids is 1. The van der Waals surface area contributed by atoms with Gasteiger partial charge in [0.2, 0.25) is 0 Å². The van der Waals surface area contributed by atoms with E-state index >= 15 is 0 Å². The zero-order valence-electron chi connectivity index (χ0n) is 15.3. The molecule has 4 rings (SSSR count). The van der Waals surface area contributed by atoms with Crippen molar-refractivity contribution in [2.24, 2.45) is 0 Å². The average Bonchev–Trinajstić information content (AvgIpc) is 2.75. The third-order valence-electron chi connectivity index (χ3n) is 5.09. The van der Waals surface area contributed by atoms with Crippen molar-refractivity contribution in [1.82, 2.24) is 4.90 Å². The molecule has 1 saturated heterocycles. The third kappa shape index (κ3) is 4.20. The van der Waals surface area contributed by atoms with Gasteiger partial charge in [-0.1, -0.05) is 60.7 Å². The van der Waals surface area contributed by atoms with Crippen molar-refractivity contribution in [3.8, 4) is 11.1 Å². The number of likely N-dealkylation sites (tertiary alicyclic amines) is 1. The molecule has 1 atom stereocenters. The molecular weight excluding hydrogens is 332 g/mol. The average molecular weight is 356 g/mol. The molecule has 1 heterocycles. The van der Waals surface area contributed by atoms with Crippen molar-refractivity contribution in [3.05, 3.63) is 90.5 Å². The number of anilines is 1. The predicted octanol–water partition coefficient (Wildman–Crippen LogP) is 5.07. The van der Waals surface area contributed by atoms with Gasteiger partial charge in [-0.25, -0.2) is 0 Å². The van der Waals surface area contributed by atoms with Crippen molar-refractivity contribution in [3.63, 3.8) is 0 Å². The van der Waals surface area contributed by atoms with E-state index in [1.807, 2.05) is 65.6 Å². The maximum absolute atomic E-state index is 12.9. The number of amides is 1.